The number of hydrogen-bond donors (Lipinski definition) is 1. The van der Waals surface area contributed by atoms with Crippen LogP contribution in [-0.4, -0.2) is 52.0 Å². The molecule has 0 saturated carbocycles. The molecule has 3 heterocycles. The fourth-order valence-electron chi connectivity index (χ4n) is 3.45. The molecule has 0 aliphatic carbocycles. The molecular weight excluding hydrogens is 357 g/mol. The molecule has 144 valence electrons. The van der Waals surface area contributed by atoms with Gasteiger partial charge in [-0.15, -0.1) is 0 Å². The van der Waals surface area contributed by atoms with E-state index in [-0.39, 0.29) is 11.6 Å². The number of hydrogen-bond acceptors (Lipinski definition) is 5. The van der Waals surface area contributed by atoms with Crippen molar-refractivity contribution in [3.63, 3.8) is 0 Å². The number of anilines is 1. The highest BCUT2D eigenvalue weighted by molar-refractivity contribution is 5.93. The van der Waals surface area contributed by atoms with E-state index in [9.17, 15) is 9.18 Å². The average Bonchev–Trinajstić information content (AvgIpc) is 3.17. The van der Waals surface area contributed by atoms with E-state index < -0.39 is 0 Å². The third-order valence-corrected chi connectivity index (χ3v) is 5.10. The molecule has 0 bridgehead atoms. The molecule has 3 aromatic rings. The number of benzene rings is 1. The molecule has 1 aliphatic rings. The Kier molecular flexibility index (Phi) is 5.16. The minimum absolute atomic E-state index is 0.0286. The Balaban J connectivity index is 1.38. The number of aromatic amines is 1. The molecule has 1 saturated heterocycles. The number of aromatic nitrogens is 3. The SMILES string of the molecule is CC(=O)c1ccc(N2CCN(Cc3cn[nH]c3-c3ccc(F)cc3)CC2)nc1. The van der Waals surface area contributed by atoms with Gasteiger partial charge >= 0.3 is 0 Å². The number of carbonyl (C=O) groups excluding carboxylic acids is 1. The molecule has 4 rings (SSSR count). The normalized spacial score (nSPS) is 15.0. The fourth-order valence-corrected chi connectivity index (χ4v) is 3.45. The minimum atomic E-state index is -0.245. The molecule has 1 aliphatic heterocycles. The third-order valence-electron chi connectivity index (χ3n) is 5.10. The maximum Gasteiger partial charge on any atom is 0.161 e. The van der Waals surface area contributed by atoms with Crippen molar-refractivity contribution in [2.75, 3.05) is 31.1 Å². The minimum Gasteiger partial charge on any atom is -0.354 e. The van der Waals surface area contributed by atoms with Crippen LogP contribution < -0.4 is 4.90 Å². The van der Waals surface area contributed by atoms with Crippen molar-refractivity contribution >= 4 is 11.6 Å². The van der Waals surface area contributed by atoms with Gasteiger partial charge in [0.25, 0.3) is 0 Å². The molecule has 1 N–H and O–H groups in total. The highest BCUT2D eigenvalue weighted by Gasteiger charge is 2.20. The van der Waals surface area contributed by atoms with Gasteiger partial charge in [0.15, 0.2) is 5.78 Å². The predicted octanol–water partition coefficient (Wildman–Crippen LogP) is 3.14. The van der Waals surface area contributed by atoms with Gasteiger partial charge in [0, 0.05) is 55.6 Å². The van der Waals surface area contributed by atoms with Crippen LogP contribution in [0.3, 0.4) is 0 Å². The number of nitrogens with one attached hydrogen (secondary N) is 1. The summed E-state index contributed by atoms with van der Waals surface area (Å²) in [5, 5.41) is 7.21. The van der Waals surface area contributed by atoms with E-state index in [0.717, 1.165) is 55.4 Å². The number of carbonyl (C=O) groups is 1. The summed E-state index contributed by atoms with van der Waals surface area (Å²) in [4.78, 5) is 20.4. The summed E-state index contributed by atoms with van der Waals surface area (Å²) in [5.41, 5.74) is 3.60. The zero-order valence-electron chi connectivity index (χ0n) is 15.7. The molecule has 0 spiro atoms. The summed E-state index contributed by atoms with van der Waals surface area (Å²) in [5.74, 6) is 0.687. The molecule has 0 amide bonds. The first-order chi connectivity index (χ1) is 13.6. The van der Waals surface area contributed by atoms with Crippen molar-refractivity contribution in [1.29, 1.82) is 0 Å². The van der Waals surface area contributed by atoms with Gasteiger partial charge in [-0.3, -0.25) is 14.8 Å². The maximum atomic E-state index is 13.2. The van der Waals surface area contributed by atoms with Crippen LogP contribution in [0.5, 0.6) is 0 Å². The van der Waals surface area contributed by atoms with Crippen LogP contribution in [0, 0.1) is 5.82 Å². The van der Waals surface area contributed by atoms with E-state index in [1.165, 1.54) is 12.1 Å². The smallest absolute Gasteiger partial charge is 0.161 e. The molecule has 1 fully saturated rings. The van der Waals surface area contributed by atoms with Gasteiger partial charge in [-0.05, 0) is 43.3 Å². The van der Waals surface area contributed by atoms with Crippen molar-refractivity contribution in [1.82, 2.24) is 20.1 Å². The van der Waals surface area contributed by atoms with E-state index in [0.29, 0.717) is 5.56 Å². The average molecular weight is 379 g/mol. The van der Waals surface area contributed by atoms with E-state index in [4.69, 9.17) is 0 Å². The Bertz CT molecular complexity index is 944. The van der Waals surface area contributed by atoms with E-state index >= 15 is 0 Å². The Morgan fingerprint density at radius 3 is 2.46 bits per heavy atom. The number of Topliss-reactive ketones (excluding diaryl/α,β-unsaturated/α-hetero) is 1. The number of piperazine rings is 1. The Labute approximate surface area is 163 Å². The number of pyridine rings is 1. The number of rotatable bonds is 5. The van der Waals surface area contributed by atoms with Crippen LogP contribution in [-0.2, 0) is 6.54 Å². The second-order valence-corrected chi connectivity index (χ2v) is 7.00. The van der Waals surface area contributed by atoms with Crippen LogP contribution in [0.4, 0.5) is 10.2 Å². The van der Waals surface area contributed by atoms with E-state index in [2.05, 4.69) is 25.0 Å². The highest BCUT2D eigenvalue weighted by atomic mass is 19.1. The standard InChI is InChI=1S/C21H22FN5O/c1-15(28)17-4-7-20(23-12-17)27-10-8-26(9-11-27)14-18-13-24-25-21(18)16-2-5-19(22)6-3-16/h2-7,12-13H,8-11,14H2,1H3,(H,24,25). The number of H-pyrrole nitrogens is 1. The van der Waals surface area contributed by atoms with E-state index in [1.807, 2.05) is 18.3 Å². The molecule has 6 nitrogen and oxygen atoms in total. The lowest BCUT2D eigenvalue weighted by molar-refractivity contribution is 0.101. The summed E-state index contributed by atoms with van der Waals surface area (Å²) in [6.45, 7) is 5.89. The van der Waals surface area contributed by atoms with Crippen LogP contribution >= 0.6 is 0 Å². The molecule has 0 unspecified atom stereocenters. The quantitative estimate of drug-likeness (QED) is 0.690. The topological polar surface area (TPSA) is 65.1 Å². The first-order valence-corrected chi connectivity index (χ1v) is 9.32. The molecule has 7 heteroatoms. The Hall–Kier alpha value is -3.06. The van der Waals surface area contributed by atoms with Gasteiger partial charge in [-0.2, -0.15) is 5.10 Å². The zero-order valence-corrected chi connectivity index (χ0v) is 15.7. The Morgan fingerprint density at radius 1 is 1.07 bits per heavy atom. The third kappa shape index (κ3) is 3.94. The monoisotopic (exact) mass is 379 g/mol. The fraction of sp³-hybridized carbons (Fsp3) is 0.286. The summed E-state index contributed by atoms with van der Waals surface area (Å²) in [6, 6.07) is 10.2. The summed E-state index contributed by atoms with van der Waals surface area (Å²) in [6.07, 6.45) is 3.48. The molecule has 28 heavy (non-hydrogen) atoms. The van der Waals surface area contributed by atoms with Gasteiger partial charge in [-0.1, -0.05) is 0 Å². The van der Waals surface area contributed by atoms with Crippen LogP contribution in [0.2, 0.25) is 0 Å². The molecule has 0 atom stereocenters. The van der Waals surface area contributed by atoms with Crippen LogP contribution in [0.1, 0.15) is 22.8 Å². The van der Waals surface area contributed by atoms with Crippen molar-refractivity contribution in [3.05, 3.63) is 65.7 Å². The van der Waals surface area contributed by atoms with Gasteiger partial charge in [0.1, 0.15) is 11.6 Å². The lowest BCUT2D eigenvalue weighted by atomic mass is 10.1. The van der Waals surface area contributed by atoms with E-state index in [1.54, 1.807) is 25.3 Å². The second kappa shape index (κ2) is 7.90. The summed E-state index contributed by atoms with van der Waals surface area (Å²) >= 11 is 0. The lowest BCUT2D eigenvalue weighted by Gasteiger charge is -2.35. The lowest BCUT2D eigenvalue weighted by Crippen LogP contribution is -2.46. The summed E-state index contributed by atoms with van der Waals surface area (Å²) < 4.78 is 13.2. The second-order valence-electron chi connectivity index (χ2n) is 7.00. The van der Waals surface area contributed by atoms with Gasteiger partial charge in [0.2, 0.25) is 0 Å². The van der Waals surface area contributed by atoms with Crippen molar-refractivity contribution in [3.8, 4) is 11.3 Å². The molecule has 2 aromatic heterocycles. The predicted molar refractivity (Wildman–Crippen MR) is 106 cm³/mol. The van der Waals surface area contributed by atoms with Gasteiger partial charge < -0.3 is 4.90 Å². The van der Waals surface area contributed by atoms with Gasteiger partial charge in [-0.25, -0.2) is 9.37 Å². The van der Waals surface area contributed by atoms with Crippen molar-refractivity contribution in [2.24, 2.45) is 0 Å². The first-order valence-electron chi connectivity index (χ1n) is 9.32. The molecule has 0 radical (unpaired) electrons. The first kappa shape index (κ1) is 18.3. The molecule has 1 aromatic carbocycles. The number of halogens is 1. The van der Waals surface area contributed by atoms with Gasteiger partial charge in [0.05, 0.1) is 11.9 Å². The maximum absolute atomic E-state index is 13.2. The van der Waals surface area contributed by atoms with Crippen molar-refractivity contribution in [2.45, 2.75) is 13.5 Å². The molecular formula is C21H22FN5O. The highest BCUT2D eigenvalue weighted by Crippen LogP contribution is 2.23. The van der Waals surface area contributed by atoms with Crippen LogP contribution in [0.15, 0.2) is 48.8 Å². The Morgan fingerprint density at radius 2 is 1.82 bits per heavy atom. The van der Waals surface area contributed by atoms with Crippen LogP contribution in [0.25, 0.3) is 11.3 Å². The van der Waals surface area contributed by atoms with Crippen molar-refractivity contribution < 1.29 is 9.18 Å². The number of ketones is 1. The number of nitrogens with zero attached hydrogens (tertiary/aromatic N) is 4. The summed E-state index contributed by atoms with van der Waals surface area (Å²) in [7, 11) is 0. The largest absolute Gasteiger partial charge is 0.354 e. The zero-order chi connectivity index (χ0) is 19.5.